The fourth-order valence-corrected chi connectivity index (χ4v) is 3.58. The summed E-state index contributed by atoms with van der Waals surface area (Å²) in [5, 5.41) is 3.46. The first kappa shape index (κ1) is 16.3. The monoisotopic (exact) mass is 345 g/mol. The molecule has 0 saturated carbocycles. The lowest BCUT2D eigenvalue weighted by Crippen LogP contribution is -2.18. The van der Waals surface area contributed by atoms with Crippen LogP contribution in [0.2, 0.25) is 0 Å². The van der Waals surface area contributed by atoms with Crippen LogP contribution >= 0.6 is 15.9 Å². The summed E-state index contributed by atoms with van der Waals surface area (Å²) in [6.45, 7) is 6.59. The molecule has 1 atom stereocenters. The molecule has 0 spiro atoms. The average molecular weight is 346 g/mol. The second-order valence-corrected chi connectivity index (χ2v) is 6.43. The molecule has 0 aliphatic rings. The van der Waals surface area contributed by atoms with Crippen LogP contribution in [-0.2, 0) is 12.8 Å². The molecule has 1 nitrogen and oxygen atoms in total. The van der Waals surface area contributed by atoms with Crippen LogP contribution in [0.1, 0.15) is 47.7 Å². The van der Waals surface area contributed by atoms with Gasteiger partial charge in [0.2, 0.25) is 0 Å². The summed E-state index contributed by atoms with van der Waals surface area (Å²) in [7, 11) is 2.03. The second kappa shape index (κ2) is 7.24. The number of nitrogens with one attached hydrogen (secondary N) is 1. The Morgan fingerprint density at radius 1 is 0.952 bits per heavy atom. The van der Waals surface area contributed by atoms with Crippen molar-refractivity contribution in [3.8, 4) is 0 Å². The first-order valence-electron chi connectivity index (χ1n) is 7.65. The maximum atomic E-state index is 3.61. The zero-order valence-electron chi connectivity index (χ0n) is 13.3. The molecular formula is C19H24BrN. The van der Waals surface area contributed by atoms with Crippen LogP contribution in [0.5, 0.6) is 0 Å². The van der Waals surface area contributed by atoms with E-state index >= 15 is 0 Å². The standard InChI is InChI=1S/C19H24BrN/c1-5-14-7-8-16(11-15(14)6-2)19(21-4)17-9-13(3)10-18(20)12-17/h7-12,19,21H,5-6H2,1-4H3. The molecule has 0 heterocycles. The highest BCUT2D eigenvalue weighted by atomic mass is 79.9. The molecule has 21 heavy (non-hydrogen) atoms. The first-order valence-corrected chi connectivity index (χ1v) is 8.44. The Bertz CT molecular complexity index is 599. The van der Waals surface area contributed by atoms with Gasteiger partial charge in [-0.15, -0.1) is 0 Å². The minimum Gasteiger partial charge on any atom is -0.309 e. The van der Waals surface area contributed by atoms with Gasteiger partial charge in [0.05, 0.1) is 6.04 Å². The second-order valence-electron chi connectivity index (χ2n) is 5.52. The topological polar surface area (TPSA) is 12.0 Å². The van der Waals surface area contributed by atoms with Gasteiger partial charge in [-0.3, -0.25) is 0 Å². The van der Waals surface area contributed by atoms with Gasteiger partial charge in [-0.25, -0.2) is 0 Å². The van der Waals surface area contributed by atoms with E-state index in [4.69, 9.17) is 0 Å². The highest BCUT2D eigenvalue weighted by molar-refractivity contribution is 9.10. The van der Waals surface area contributed by atoms with E-state index in [2.05, 4.69) is 78.4 Å². The molecule has 2 aromatic carbocycles. The summed E-state index contributed by atoms with van der Waals surface area (Å²) in [5.41, 5.74) is 6.84. The Morgan fingerprint density at radius 2 is 1.67 bits per heavy atom. The normalized spacial score (nSPS) is 12.4. The van der Waals surface area contributed by atoms with E-state index in [0.29, 0.717) is 0 Å². The van der Waals surface area contributed by atoms with E-state index < -0.39 is 0 Å². The van der Waals surface area contributed by atoms with Crippen molar-refractivity contribution in [3.05, 3.63) is 68.7 Å². The molecule has 2 rings (SSSR count). The van der Waals surface area contributed by atoms with Crippen LogP contribution in [0, 0.1) is 6.92 Å². The number of rotatable bonds is 5. The lowest BCUT2D eigenvalue weighted by atomic mass is 9.93. The first-order chi connectivity index (χ1) is 10.1. The van der Waals surface area contributed by atoms with Crippen molar-refractivity contribution in [2.75, 3.05) is 7.05 Å². The van der Waals surface area contributed by atoms with Crippen molar-refractivity contribution in [2.24, 2.45) is 0 Å². The minimum atomic E-state index is 0.234. The Kier molecular flexibility index (Phi) is 5.60. The van der Waals surface area contributed by atoms with Gasteiger partial charge in [0, 0.05) is 4.47 Å². The molecule has 0 bridgehead atoms. The molecule has 0 fully saturated rings. The quantitative estimate of drug-likeness (QED) is 0.785. The minimum absolute atomic E-state index is 0.234. The molecule has 0 aliphatic carbocycles. The Morgan fingerprint density at radius 3 is 2.24 bits per heavy atom. The van der Waals surface area contributed by atoms with Gasteiger partial charge in [0.1, 0.15) is 0 Å². The van der Waals surface area contributed by atoms with Crippen molar-refractivity contribution in [1.82, 2.24) is 5.32 Å². The number of aryl methyl sites for hydroxylation is 3. The summed E-state index contributed by atoms with van der Waals surface area (Å²) < 4.78 is 1.14. The number of halogens is 1. The zero-order valence-corrected chi connectivity index (χ0v) is 14.9. The Labute approximate surface area is 136 Å². The van der Waals surface area contributed by atoms with Gasteiger partial charge in [-0.1, -0.05) is 54.0 Å². The van der Waals surface area contributed by atoms with Crippen LogP contribution in [-0.4, -0.2) is 7.05 Å². The fraction of sp³-hybridized carbons (Fsp3) is 0.368. The van der Waals surface area contributed by atoms with Gasteiger partial charge in [0.25, 0.3) is 0 Å². The third-order valence-corrected chi connectivity index (χ3v) is 4.47. The van der Waals surface area contributed by atoms with Crippen molar-refractivity contribution in [1.29, 1.82) is 0 Å². The van der Waals surface area contributed by atoms with Gasteiger partial charge in [0.15, 0.2) is 0 Å². The van der Waals surface area contributed by atoms with E-state index in [0.717, 1.165) is 17.3 Å². The molecule has 0 saturated heterocycles. The summed E-state index contributed by atoms with van der Waals surface area (Å²) in [5.74, 6) is 0. The molecule has 0 aliphatic heterocycles. The maximum Gasteiger partial charge on any atom is 0.0574 e. The van der Waals surface area contributed by atoms with Crippen LogP contribution < -0.4 is 5.32 Å². The molecule has 1 N–H and O–H groups in total. The zero-order chi connectivity index (χ0) is 15.4. The predicted molar refractivity (Wildman–Crippen MR) is 95.0 cm³/mol. The highest BCUT2D eigenvalue weighted by Crippen LogP contribution is 2.27. The fourth-order valence-electron chi connectivity index (χ4n) is 2.96. The number of hydrogen-bond acceptors (Lipinski definition) is 1. The Hall–Kier alpha value is -1.12. The molecule has 2 aromatic rings. The van der Waals surface area contributed by atoms with Gasteiger partial charge in [-0.05, 0) is 66.8 Å². The van der Waals surface area contributed by atoms with Crippen LogP contribution in [0.4, 0.5) is 0 Å². The average Bonchev–Trinajstić information content (AvgIpc) is 2.46. The summed E-state index contributed by atoms with van der Waals surface area (Å²) in [6.07, 6.45) is 2.19. The van der Waals surface area contributed by atoms with E-state index in [1.165, 1.54) is 27.8 Å². The van der Waals surface area contributed by atoms with Crippen molar-refractivity contribution in [2.45, 2.75) is 39.7 Å². The lowest BCUT2D eigenvalue weighted by molar-refractivity contribution is 0.689. The van der Waals surface area contributed by atoms with Crippen molar-refractivity contribution < 1.29 is 0 Å². The van der Waals surface area contributed by atoms with Crippen molar-refractivity contribution in [3.63, 3.8) is 0 Å². The molecule has 0 aromatic heterocycles. The SMILES string of the molecule is CCc1ccc(C(NC)c2cc(C)cc(Br)c2)cc1CC. The van der Waals surface area contributed by atoms with Crippen molar-refractivity contribution >= 4 is 15.9 Å². The summed E-state index contributed by atoms with van der Waals surface area (Å²) in [4.78, 5) is 0. The van der Waals surface area contributed by atoms with Gasteiger partial charge < -0.3 is 5.32 Å². The van der Waals surface area contributed by atoms with Crippen LogP contribution in [0.15, 0.2) is 40.9 Å². The molecule has 112 valence electrons. The third-order valence-electron chi connectivity index (χ3n) is 4.01. The van der Waals surface area contributed by atoms with E-state index in [-0.39, 0.29) is 6.04 Å². The molecule has 0 amide bonds. The third kappa shape index (κ3) is 3.75. The summed E-state index contributed by atoms with van der Waals surface area (Å²) in [6, 6.07) is 13.7. The number of benzene rings is 2. The highest BCUT2D eigenvalue weighted by Gasteiger charge is 2.14. The number of hydrogen-bond donors (Lipinski definition) is 1. The van der Waals surface area contributed by atoms with E-state index in [9.17, 15) is 0 Å². The Balaban J connectivity index is 2.45. The van der Waals surface area contributed by atoms with E-state index in [1.54, 1.807) is 0 Å². The smallest absolute Gasteiger partial charge is 0.0574 e. The van der Waals surface area contributed by atoms with Crippen LogP contribution in [0.3, 0.4) is 0 Å². The van der Waals surface area contributed by atoms with E-state index in [1.807, 2.05) is 7.05 Å². The van der Waals surface area contributed by atoms with Crippen LogP contribution in [0.25, 0.3) is 0 Å². The lowest BCUT2D eigenvalue weighted by Gasteiger charge is -2.20. The van der Waals surface area contributed by atoms with Gasteiger partial charge in [-0.2, -0.15) is 0 Å². The summed E-state index contributed by atoms with van der Waals surface area (Å²) >= 11 is 3.61. The molecule has 2 heteroatoms. The predicted octanol–water partition coefficient (Wildman–Crippen LogP) is 5.19. The largest absolute Gasteiger partial charge is 0.309 e. The molecule has 0 radical (unpaired) electrons. The molecular weight excluding hydrogens is 322 g/mol. The maximum absolute atomic E-state index is 3.61. The molecule has 1 unspecified atom stereocenters. The van der Waals surface area contributed by atoms with Gasteiger partial charge >= 0.3 is 0 Å².